The molecule has 0 radical (unpaired) electrons. The molecule has 1 aromatic carbocycles. The minimum Gasteiger partial charge on any atom is -0.381 e. The van der Waals surface area contributed by atoms with Gasteiger partial charge in [0.2, 0.25) is 0 Å². The van der Waals surface area contributed by atoms with Crippen LogP contribution < -0.4 is 10.2 Å². The lowest BCUT2D eigenvalue weighted by molar-refractivity contribution is 0.0518. The van der Waals surface area contributed by atoms with Crippen molar-refractivity contribution in [2.24, 2.45) is 13.0 Å². The van der Waals surface area contributed by atoms with Crippen LogP contribution in [0.15, 0.2) is 30.6 Å². The number of anilines is 1. The van der Waals surface area contributed by atoms with E-state index in [1.54, 1.807) is 0 Å². The number of fused-ring (bicyclic) bond motifs is 1. The van der Waals surface area contributed by atoms with E-state index in [1.807, 2.05) is 12.4 Å². The summed E-state index contributed by atoms with van der Waals surface area (Å²) in [6, 6.07) is 7.17. The number of hydrogen-bond acceptors (Lipinski definition) is 4. The molecule has 25 heavy (non-hydrogen) atoms. The molecule has 1 aromatic heterocycles. The first-order valence-corrected chi connectivity index (χ1v) is 9.33. The van der Waals surface area contributed by atoms with Gasteiger partial charge in [0.15, 0.2) is 0 Å². The number of likely N-dealkylation sites (N-methyl/N-ethyl adjacent to an activating group) is 1. The van der Waals surface area contributed by atoms with Gasteiger partial charge in [-0.1, -0.05) is 12.1 Å². The maximum Gasteiger partial charge on any atom is 0.125 e. The second kappa shape index (κ2) is 7.18. The van der Waals surface area contributed by atoms with Crippen molar-refractivity contribution >= 4 is 5.69 Å². The van der Waals surface area contributed by atoms with Crippen molar-refractivity contribution in [2.45, 2.75) is 31.8 Å². The normalized spacial score (nSPS) is 19.2. The van der Waals surface area contributed by atoms with Gasteiger partial charge in [0.1, 0.15) is 5.82 Å². The van der Waals surface area contributed by atoms with Crippen molar-refractivity contribution < 1.29 is 4.74 Å². The van der Waals surface area contributed by atoms with Crippen LogP contribution in [-0.2, 0) is 24.8 Å². The van der Waals surface area contributed by atoms with Crippen LogP contribution >= 0.6 is 0 Å². The minimum absolute atomic E-state index is 0.278. The Hall–Kier alpha value is -1.85. The largest absolute Gasteiger partial charge is 0.381 e. The van der Waals surface area contributed by atoms with E-state index in [0.29, 0.717) is 5.92 Å². The zero-order valence-electron chi connectivity index (χ0n) is 15.2. The first-order chi connectivity index (χ1) is 12.2. The van der Waals surface area contributed by atoms with Gasteiger partial charge in [-0.15, -0.1) is 0 Å². The maximum atomic E-state index is 5.56. The maximum absolute atomic E-state index is 5.56. The number of hydrogen-bond donors (Lipinski definition) is 1. The van der Waals surface area contributed by atoms with Crippen LogP contribution in [0.1, 0.15) is 35.8 Å². The lowest BCUT2D eigenvalue weighted by Gasteiger charge is -2.31. The predicted molar refractivity (Wildman–Crippen MR) is 99.7 cm³/mol. The first-order valence-electron chi connectivity index (χ1n) is 9.33. The Bertz CT molecular complexity index is 720. The number of aryl methyl sites for hydroxylation is 1. The summed E-state index contributed by atoms with van der Waals surface area (Å²) in [7, 11) is 4.26. The van der Waals surface area contributed by atoms with Gasteiger partial charge in [-0.05, 0) is 42.4 Å². The van der Waals surface area contributed by atoms with Crippen molar-refractivity contribution in [3.8, 4) is 0 Å². The molecule has 0 saturated carbocycles. The number of imidazole rings is 1. The molecular weight excluding hydrogens is 312 g/mol. The Balaban J connectivity index is 1.50. The zero-order valence-corrected chi connectivity index (χ0v) is 15.2. The third-order valence-corrected chi connectivity index (χ3v) is 5.67. The number of benzene rings is 1. The van der Waals surface area contributed by atoms with E-state index in [0.717, 1.165) is 51.4 Å². The van der Waals surface area contributed by atoms with Gasteiger partial charge in [-0.3, -0.25) is 0 Å². The van der Waals surface area contributed by atoms with Gasteiger partial charge in [-0.2, -0.15) is 0 Å². The van der Waals surface area contributed by atoms with E-state index in [9.17, 15) is 0 Å². The predicted octanol–water partition coefficient (Wildman–Crippen LogP) is 2.67. The standard InChI is InChI=1S/C20H28N4O/c1-23-9-5-17-13-15(3-4-18(17)23)14-22-19(16-6-11-25-12-7-16)20-21-8-10-24(20)2/h3-4,8,10,13,16,19,22H,5-7,9,11-12,14H2,1-2H3. The van der Waals surface area contributed by atoms with Crippen LogP contribution in [0.4, 0.5) is 5.69 Å². The molecule has 2 aliphatic heterocycles. The van der Waals surface area contributed by atoms with Crippen LogP contribution in [0, 0.1) is 5.92 Å². The highest BCUT2D eigenvalue weighted by atomic mass is 16.5. The Labute approximate surface area is 150 Å². The monoisotopic (exact) mass is 340 g/mol. The topological polar surface area (TPSA) is 42.3 Å². The highest BCUT2D eigenvalue weighted by Gasteiger charge is 2.28. The Morgan fingerprint density at radius 2 is 2.12 bits per heavy atom. The van der Waals surface area contributed by atoms with Crippen LogP contribution in [0.5, 0.6) is 0 Å². The molecule has 0 spiro atoms. The van der Waals surface area contributed by atoms with Crippen molar-refractivity contribution in [1.82, 2.24) is 14.9 Å². The fraction of sp³-hybridized carbons (Fsp3) is 0.550. The average Bonchev–Trinajstić information content (AvgIpc) is 3.22. The third kappa shape index (κ3) is 3.44. The number of nitrogens with zero attached hydrogens (tertiary/aromatic N) is 3. The quantitative estimate of drug-likeness (QED) is 0.909. The molecule has 1 unspecified atom stereocenters. The van der Waals surface area contributed by atoms with Gasteiger partial charge in [0.05, 0.1) is 6.04 Å². The second-order valence-electron chi connectivity index (χ2n) is 7.34. The van der Waals surface area contributed by atoms with Gasteiger partial charge < -0.3 is 19.5 Å². The molecule has 2 aromatic rings. The summed E-state index contributed by atoms with van der Waals surface area (Å²) in [6.07, 6.45) is 7.28. The molecule has 5 nitrogen and oxygen atoms in total. The van der Waals surface area contributed by atoms with Gasteiger partial charge in [-0.25, -0.2) is 4.98 Å². The molecule has 3 heterocycles. The molecule has 134 valence electrons. The summed E-state index contributed by atoms with van der Waals surface area (Å²) in [5, 5.41) is 3.80. The first kappa shape index (κ1) is 16.6. The molecule has 1 atom stereocenters. The number of rotatable bonds is 5. The molecule has 2 aliphatic rings. The Morgan fingerprint density at radius 3 is 2.88 bits per heavy atom. The van der Waals surface area contributed by atoms with E-state index >= 15 is 0 Å². The van der Waals surface area contributed by atoms with Crippen molar-refractivity contribution in [3.05, 3.63) is 47.5 Å². The van der Waals surface area contributed by atoms with Crippen LogP contribution in [0.25, 0.3) is 0 Å². The highest BCUT2D eigenvalue weighted by molar-refractivity contribution is 5.58. The molecule has 1 N–H and O–H groups in total. The number of aromatic nitrogens is 2. The lowest BCUT2D eigenvalue weighted by atomic mass is 9.91. The molecule has 0 aliphatic carbocycles. The fourth-order valence-electron chi connectivity index (χ4n) is 4.15. The SMILES string of the molecule is CN1CCc2cc(CNC(c3nccn3C)C3CCOCC3)ccc21. The van der Waals surface area contributed by atoms with E-state index < -0.39 is 0 Å². The summed E-state index contributed by atoms with van der Waals surface area (Å²) in [5.74, 6) is 1.71. The lowest BCUT2D eigenvalue weighted by Crippen LogP contribution is -2.33. The van der Waals surface area contributed by atoms with E-state index in [2.05, 4.69) is 52.1 Å². The van der Waals surface area contributed by atoms with Gasteiger partial charge in [0.25, 0.3) is 0 Å². The number of nitrogens with one attached hydrogen (secondary N) is 1. The summed E-state index contributed by atoms with van der Waals surface area (Å²) in [6.45, 7) is 3.73. The van der Waals surface area contributed by atoms with Gasteiger partial charge >= 0.3 is 0 Å². The molecule has 0 bridgehead atoms. The minimum atomic E-state index is 0.278. The van der Waals surface area contributed by atoms with Crippen molar-refractivity contribution in [2.75, 3.05) is 31.7 Å². The van der Waals surface area contributed by atoms with E-state index in [4.69, 9.17) is 4.74 Å². The summed E-state index contributed by atoms with van der Waals surface area (Å²) in [5.41, 5.74) is 4.22. The van der Waals surface area contributed by atoms with Crippen molar-refractivity contribution in [1.29, 1.82) is 0 Å². The molecule has 1 fully saturated rings. The highest BCUT2D eigenvalue weighted by Crippen LogP contribution is 2.31. The number of ether oxygens (including phenoxy) is 1. The Kier molecular flexibility index (Phi) is 4.77. The van der Waals surface area contributed by atoms with E-state index in [-0.39, 0.29) is 6.04 Å². The Morgan fingerprint density at radius 1 is 1.28 bits per heavy atom. The summed E-state index contributed by atoms with van der Waals surface area (Å²) >= 11 is 0. The van der Waals surface area contributed by atoms with Crippen LogP contribution in [-0.4, -0.2) is 36.4 Å². The molecule has 1 saturated heterocycles. The smallest absolute Gasteiger partial charge is 0.125 e. The zero-order chi connectivity index (χ0) is 17.2. The van der Waals surface area contributed by atoms with Crippen molar-refractivity contribution in [3.63, 3.8) is 0 Å². The van der Waals surface area contributed by atoms with E-state index in [1.165, 1.54) is 16.8 Å². The van der Waals surface area contributed by atoms with Crippen LogP contribution in [0.2, 0.25) is 0 Å². The summed E-state index contributed by atoms with van der Waals surface area (Å²) in [4.78, 5) is 6.96. The summed E-state index contributed by atoms with van der Waals surface area (Å²) < 4.78 is 7.70. The molecular formula is C20H28N4O. The fourth-order valence-corrected chi connectivity index (χ4v) is 4.15. The van der Waals surface area contributed by atoms with Gasteiger partial charge in [0, 0.05) is 58.5 Å². The second-order valence-corrected chi connectivity index (χ2v) is 7.34. The third-order valence-electron chi connectivity index (χ3n) is 5.67. The molecule has 5 heteroatoms. The average molecular weight is 340 g/mol. The molecule has 0 amide bonds. The molecule has 4 rings (SSSR count). The van der Waals surface area contributed by atoms with Crippen LogP contribution in [0.3, 0.4) is 0 Å².